The van der Waals surface area contributed by atoms with Crippen LogP contribution in [0.3, 0.4) is 0 Å². The van der Waals surface area contributed by atoms with E-state index in [1.807, 2.05) is 6.92 Å². The molecule has 0 radical (unpaired) electrons. The molecule has 6 nitrogen and oxygen atoms in total. The highest BCUT2D eigenvalue weighted by Gasteiger charge is 2.44. The first-order valence-electron chi connectivity index (χ1n) is 11.3. The molecule has 0 aliphatic carbocycles. The van der Waals surface area contributed by atoms with Gasteiger partial charge in [-0.25, -0.2) is 4.79 Å². The van der Waals surface area contributed by atoms with Gasteiger partial charge in [0, 0.05) is 12.8 Å². The molecule has 0 bridgehead atoms. The number of hydrogen-bond donors (Lipinski definition) is 0. The molecule has 2 fully saturated rings. The molecule has 4 unspecified atom stereocenters. The zero-order valence-corrected chi connectivity index (χ0v) is 18.3. The van der Waals surface area contributed by atoms with Gasteiger partial charge in [0.1, 0.15) is 12.7 Å². The predicted molar refractivity (Wildman–Crippen MR) is 107 cm³/mol. The van der Waals surface area contributed by atoms with Gasteiger partial charge in [-0.3, -0.25) is 0 Å². The van der Waals surface area contributed by atoms with E-state index in [0.29, 0.717) is 6.61 Å². The van der Waals surface area contributed by atoms with Crippen LogP contribution in [0, 0.1) is 0 Å². The highest BCUT2D eigenvalue weighted by molar-refractivity contribution is 5.75. The van der Waals surface area contributed by atoms with Gasteiger partial charge in [0.05, 0.1) is 13.2 Å². The molecule has 0 aromatic heterocycles. The molecule has 0 amide bonds. The summed E-state index contributed by atoms with van der Waals surface area (Å²) in [7, 11) is 0. The second kappa shape index (κ2) is 11.5. The van der Waals surface area contributed by atoms with Crippen LogP contribution in [0.15, 0.2) is 0 Å². The minimum Gasteiger partial charge on any atom is -0.461 e. The monoisotopic (exact) mass is 400 g/mol. The molecule has 2 rings (SSSR count). The molecule has 0 N–H and O–H groups in total. The second-order valence-corrected chi connectivity index (χ2v) is 8.04. The summed E-state index contributed by atoms with van der Waals surface area (Å²) in [6.07, 6.45) is 9.12. The molecule has 0 saturated carbocycles. The minimum atomic E-state index is -0.649. The van der Waals surface area contributed by atoms with Crippen molar-refractivity contribution in [3.8, 4) is 0 Å². The van der Waals surface area contributed by atoms with Crippen LogP contribution in [0.25, 0.3) is 0 Å². The van der Waals surface area contributed by atoms with E-state index >= 15 is 0 Å². The summed E-state index contributed by atoms with van der Waals surface area (Å²) in [6, 6.07) is 0. The highest BCUT2D eigenvalue weighted by atomic mass is 16.8. The summed E-state index contributed by atoms with van der Waals surface area (Å²) in [5.41, 5.74) is 0. The Hall–Kier alpha value is -0.690. The lowest BCUT2D eigenvalue weighted by atomic mass is 10.1. The first-order valence-corrected chi connectivity index (χ1v) is 11.3. The van der Waals surface area contributed by atoms with Crippen molar-refractivity contribution >= 4 is 5.97 Å². The fourth-order valence-corrected chi connectivity index (χ4v) is 3.91. The largest absolute Gasteiger partial charge is 0.461 e. The average molecular weight is 401 g/mol. The maximum Gasteiger partial charge on any atom is 0.337 e. The lowest BCUT2D eigenvalue weighted by molar-refractivity contribution is -0.194. The topological polar surface area (TPSA) is 63.2 Å². The average Bonchev–Trinajstić information content (AvgIpc) is 3.32. The molecule has 2 aliphatic rings. The standard InChI is InChI=1S/C22H40O6/c1-5-9-11-13-21(7-3)25-16-18(27-21)15-24-20(23)19-17-26-22(8-4,28-19)14-12-10-6-2/h18-19H,5-17H2,1-4H3. The maximum atomic E-state index is 12.5. The van der Waals surface area contributed by atoms with Crippen molar-refractivity contribution < 1.29 is 28.5 Å². The molecular formula is C22H40O6. The lowest BCUT2D eigenvalue weighted by Gasteiger charge is -2.27. The Bertz CT molecular complexity index is 470. The third-order valence-electron chi connectivity index (χ3n) is 5.84. The number of ether oxygens (including phenoxy) is 5. The SMILES string of the molecule is CCCCCC1(CC)OCC(COC(=O)C2COC(CC)(CCCCC)O2)O1. The minimum absolute atomic E-state index is 0.198. The van der Waals surface area contributed by atoms with Crippen molar-refractivity contribution in [1.29, 1.82) is 0 Å². The Labute approximate surface area is 170 Å². The molecule has 2 heterocycles. The molecule has 4 atom stereocenters. The molecule has 2 aliphatic heterocycles. The van der Waals surface area contributed by atoms with Gasteiger partial charge in [-0.2, -0.15) is 0 Å². The van der Waals surface area contributed by atoms with E-state index in [-0.39, 0.29) is 25.3 Å². The Morgan fingerprint density at radius 3 is 2.00 bits per heavy atom. The summed E-state index contributed by atoms with van der Waals surface area (Å²) in [4.78, 5) is 12.5. The van der Waals surface area contributed by atoms with E-state index in [2.05, 4.69) is 20.8 Å². The van der Waals surface area contributed by atoms with Gasteiger partial charge in [0.15, 0.2) is 17.7 Å². The third-order valence-corrected chi connectivity index (χ3v) is 5.84. The van der Waals surface area contributed by atoms with Crippen LogP contribution >= 0.6 is 0 Å². The number of unbranched alkanes of at least 4 members (excludes halogenated alkanes) is 4. The van der Waals surface area contributed by atoms with Gasteiger partial charge >= 0.3 is 5.97 Å². The van der Waals surface area contributed by atoms with E-state index in [1.54, 1.807) is 0 Å². The van der Waals surface area contributed by atoms with Crippen molar-refractivity contribution in [2.45, 2.75) is 116 Å². The first-order chi connectivity index (χ1) is 13.5. The molecule has 6 heteroatoms. The molecule has 164 valence electrons. The van der Waals surface area contributed by atoms with Crippen LogP contribution in [0.5, 0.6) is 0 Å². The van der Waals surface area contributed by atoms with Crippen molar-refractivity contribution in [3.05, 3.63) is 0 Å². The van der Waals surface area contributed by atoms with Gasteiger partial charge in [0.25, 0.3) is 0 Å². The van der Waals surface area contributed by atoms with E-state index in [4.69, 9.17) is 23.7 Å². The number of hydrogen-bond acceptors (Lipinski definition) is 6. The van der Waals surface area contributed by atoms with Crippen LogP contribution in [0.1, 0.15) is 91.9 Å². The van der Waals surface area contributed by atoms with Crippen LogP contribution in [-0.2, 0) is 28.5 Å². The number of carbonyl (C=O) groups excluding carboxylic acids is 1. The third kappa shape index (κ3) is 6.41. The van der Waals surface area contributed by atoms with Gasteiger partial charge in [-0.1, -0.05) is 53.4 Å². The van der Waals surface area contributed by atoms with Crippen molar-refractivity contribution in [2.75, 3.05) is 19.8 Å². The van der Waals surface area contributed by atoms with Gasteiger partial charge < -0.3 is 23.7 Å². The van der Waals surface area contributed by atoms with Crippen LogP contribution < -0.4 is 0 Å². The van der Waals surface area contributed by atoms with Crippen molar-refractivity contribution in [3.63, 3.8) is 0 Å². The molecule has 0 aromatic carbocycles. The normalized spacial score (nSPS) is 32.7. The van der Waals surface area contributed by atoms with Crippen molar-refractivity contribution in [1.82, 2.24) is 0 Å². The van der Waals surface area contributed by atoms with Gasteiger partial charge in [-0.15, -0.1) is 0 Å². The molecule has 0 spiro atoms. The molecule has 28 heavy (non-hydrogen) atoms. The summed E-state index contributed by atoms with van der Waals surface area (Å²) < 4.78 is 29.4. The fraction of sp³-hybridized carbons (Fsp3) is 0.955. The Kier molecular flexibility index (Phi) is 9.67. The van der Waals surface area contributed by atoms with E-state index in [0.717, 1.165) is 51.4 Å². The van der Waals surface area contributed by atoms with E-state index < -0.39 is 17.7 Å². The summed E-state index contributed by atoms with van der Waals surface area (Å²) >= 11 is 0. The summed E-state index contributed by atoms with van der Waals surface area (Å²) in [5.74, 6) is -1.52. The van der Waals surface area contributed by atoms with Gasteiger partial charge in [0.2, 0.25) is 0 Å². The van der Waals surface area contributed by atoms with Crippen LogP contribution in [0.4, 0.5) is 0 Å². The quantitative estimate of drug-likeness (QED) is 0.329. The zero-order valence-electron chi connectivity index (χ0n) is 18.3. The lowest BCUT2D eigenvalue weighted by Crippen LogP contribution is -2.34. The van der Waals surface area contributed by atoms with Gasteiger partial charge in [-0.05, 0) is 25.7 Å². The molecular weight excluding hydrogens is 360 g/mol. The fourth-order valence-electron chi connectivity index (χ4n) is 3.91. The van der Waals surface area contributed by atoms with E-state index in [1.165, 1.54) is 12.8 Å². The predicted octanol–water partition coefficient (Wildman–Crippen LogP) is 4.73. The Balaban J connectivity index is 1.75. The van der Waals surface area contributed by atoms with Crippen molar-refractivity contribution in [2.24, 2.45) is 0 Å². The Morgan fingerprint density at radius 2 is 1.43 bits per heavy atom. The Morgan fingerprint density at radius 1 is 0.857 bits per heavy atom. The summed E-state index contributed by atoms with van der Waals surface area (Å²) in [5, 5.41) is 0. The second-order valence-electron chi connectivity index (χ2n) is 8.04. The maximum absolute atomic E-state index is 12.5. The van der Waals surface area contributed by atoms with Crippen LogP contribution in [-0.4, -0.2) is 49.6 Å². The zero-order chi connectivity index (χ0) is 20.5. The smallest absolute Gasteiger partial charge is 0.337 e. The first kappa shape index (κ1) is 23.6. The van der Waals surface area contributed by atoms with Crippen LogP contribution in [0.2, 0.25) is 0 Å². The highest BCUT2D eigenvalue weighted by Crippen LogP contribution is 2.34. The number of carbonyl (C=O) groups is 1. The number of rotatable bonds is 13. The number of esters is 1. The summed E-state index contributed by atoms with van der Waals surface area (Å²) in [6.45, 7) is 9.38. The van der Waals surface area contributed by atoms with E-state index in [9.17, 15) is 4.79 Å². The molecule has 2 saturated heterocycles. The molecule has 0 aromatic rings.